The number of nitrogens with zero attached hydrogens (tertiary/aromatic N) is 2. The average molecular weight is 346 g/mol. The van der Waals surface area contributed by atoms with Gasteiger partial charge in [-0.25, -0.2) is 0 Å². The number of hydrogen-bond acceptors (Lipinski definition) is 5. The van der Waals surface area contributed by atoms with Crippen LogP contribution in [0.15, 0.2) is 24.3 Å². The van der Waals surface area contributed by atoms with Gasteiger partial charge in [0.15, 0.2) is 11.5 Å². The normalized spacial score (nSPS) is 32.6. The van der Waals surface area contributed by atoms with Crippen LogP contribution in [0.25, 0.3) is 0 Å². The van der Waals surface area contributed by atoms with Crippen molar-refractivity contribution >= 4 is 5.91 Å². The van der Waals surface area contributed by atoms with E-state index in [0.29, 0.717) is 23.5 Å². The highest BCUT2D eigenvalue weighted by molar-refractivity contribution is 5.82. The molecule has 6 nitrogen and oxygen atoms in total. The summed E-state index contributed by atoms with van der Waals surface area (Å²) < 4.78 is 17.3. The molecular formula is C19H26N2O4. The van der Waals surface area contributed by atoms with Crippen molar-refractivity contribution in [3.63, 3.8) is 0 Å². The number of ether oxygens (including phenoxy) is 3. The molecule has 0 saturated carbocycles. The van der Waals surface area contributed by atoms with Crippen molar-refractivity contribution in [3.05, 3.63) is 24.3 Å². The van der Waals surface area contributed by atoms with E-state index in [2.05, 4.69) is 11.8 Å². The van der Waals surface area contributed by atoms with Gasteiger partial charge in [-0.1, -0.05) is 19.1 Å². The molecule has 2 saturated heterocycles. The molecule has 3 aliphatic rings. The minimum atomic E-state index is -0.578. The van der Waals surface area contributed by atoms with Gasteiger partial charge < -0.3 is 19.1 Å². The van der Waals surface area contributed by atoms with Gasteiger partial charge in [-0.05, 0) is 25.0 Å². The van der Waals surface area contributed by atoms with E-state index in [0.717, 1.165) is 39.4 Å². The minimum absolute atomic E-state index is 0.0320. The average Bonchev–Trinajstić information content (AvgIpc) is 3.03. The number of morpholine rings is 1. The van der Waals surface area contributed by atoms with Crippen LogP contribution >= 0.6 is 0 Å². The second-order valence-electron chi connectivity index (χ2n) is 7.24. The Kier molecular flexibility index (Phi) is 4.56. The molecule has 4 atom stereocenters. The molecule has 4 rings (SSSR count). The van der Waals surface area contributed by atoms with E-state index in [4.69, 9.17) is 14.2 Å². The highest BCUT2D eigenvalue weighted by Crippen LogP contribution is 2.34. The van der Waals surface area contributed by atoms with Crippen LogP contribution in [0.4, 0.5) is 0 Å². The molecular weight excluding hydrogens is 320 g/mol. The molecule has 6 heteroatoms. The Morgan fingerprint density at radius 1 is 1.04 bits per heavy atom. The van der Waals surface area contributed by atoms with Crippen LogP contribution in [0.2, 0.25) is 0 Å². The number of amides is 1. The molecule has 2 fully saturated rings. The van der Waals surface area contributed by atoms with Gasteiger partial charge in [0.2, 0.25) is 6.10 Å². The molecule has 0 N–H and O–H groups in total. The fourth-order valence-corrected chi connectivity index (χ4v) is 4.08. The summed E-state index contributed by atoms with van der Waals surface area (Å²) >= 11 is 0. The Labute approximate surface area is 148 Å². The van der Waals surface area contributed by atoms with Crippen molar-refractivity contribution in [3.8, 4) is 11.5 Å². The Morgan fingerprint density at radius 3 is 2.44 bits per heavy atom. The maximum Gasteiger partial charge on any atom is 0.267 e. The van der Waals surface area contributed by atoms with Gasteiger partial charge in [-0.3, -0.25) is 9.69 Å². The minimum Gasteiger partial charge on any atom is -0.482 e. The van der Waals surface area contributed by atoms with E-state index in [1.165, 1.54) is 0 Å². The molecule has 1 aromatic rings. The van der Waals surface area contributed by atoms with Crippen molar-refractivity contribution in [1.82, 2.24) is 9.80 Å². The molecule has 0 spiro atoms. The summed E-state index contributed by atoms with van der Waals surface area (Å²) in [5.41, 5.74) is 0. The van der Waals surface area contributed by atoms with Gasteiger partial charge in [0.1, 0.15) is 6.10 Å². The maximum atomic E-state index is 13.1. The van der Waals surface area contributed by atoms with Crippen LogP contribution in [0.5, 0.6) is 11.5 Å². The first-order valence-electron chi connectivity index (χ1n) is 9.16. The smallest absolute Gasteiger partial charge is 0.267 e. The monoisotopic (exact) mass is 346 g/mol. The molecule has 136 valence electrons. The van der Waals surface area contributed by atoms with Gasteiger partial charge in [0.05, 0.1) is 13.2 Å². The molecule has 1 aromatic carbocycles. The van der Waals surface area contributed by atoms with E-state index in [1.807, 2.05) is 36.1 Å². The fraction of sp³-hybridized carbons (Fsp3) is 0.632. The lowest BCUT2D eigenvalue weighted by Crippen LogP contribution is -2.51. The van der Waals surface area contributed by atoms with Gasteiger partial charge in [-0.15, -0.1) is 0 Å². The lowest BCUT2D eigenvalue weighted by atomic mass is 10.0. The zero-order chi connectivity index (χ0) is 17.4. The summed E-state index contributed by atoms with van der Waals surface area (Å²) in [6.45, 7) is 9.12. The highest BCUT2D eigenvalue weighted by atomic mass is 16.6. The van der Waals surface area contributed by atoms with E-state index in [1.54, 1.807) is 0 Å². The summed E-state index contributed by atoms with van der Waals surface area (Å²) in [6, 6.07) is 7.93. The topological polar surface area (TPSA) is 51.2 Å². The second kappa shape index (κ2) is 6.84. The zero-order valence-electron chi connectivity index (χ0n) is 14.9. The lowest BCUT2D eigenvalue weighted by Gasteiger charge is -2.35. The lowest BCUT2D eigenvalue weighted by molar-refractivity contribution is -0.143. The number of benzene rings is 1. The molecule has 0 aromatic heterocycles. The number of hydrogen-bond donors (Lipinski definition) is 0. The van der Waals surface area contributed by atoms with Crippen molar-refractivity contribution in [2.24, 2.45) is 5.92 Å². The van der Waals surface area contributed by atoms with Crippen molar-refractivity contribution in [2.75, 3.05) is 39.4 Å². The van der Waals surface area contributed by atoms with Crippen LogP contribution in [0, 0.1) is 5.92 Å². The van der Waals surface area contributed by atoms with Crippen LogP contribution in [0.1, 0.15) is 13.8 Å². The first-order chi connectivity index (χ1) is 12.1. The summed E-state index contributed by atoms with van der Waals surface area (Å²) in [4.78, 5) is 17.5. The number of carbonyl (C=O) groups is 1. The Hall–Kier alpha value is -1.79. The zero-order valence-corrected chi connectivity index (χ0v) is 14.9. The number of likely N-dealkylation sites (tertiary alicyclic amines) is 1. The number of para-hydroxylation sites is 2. The third-order valence-corrected chi connectivity index (χ3v) is 5.48. The molecule has 3 aliphatic heterocycles. The number of fused-ring (bicyclic) bond motifs is 1. The van der Waals surface area contributed by atoms with Crippen LogP contribution in [-0.4, -0.2) is 73.3 Å². The van der Waals surface area contributed by atoms with Crippen LogP contribution in [0.3, 0.4) is 0 Å². The van der Waals surface area contributed by atoms with Crippen LogP contribution < -0.4 is 9.47 Å². The Bertz CT molecular complexity index is 632. The van der Waals surface area contributed by atoms with Crippen molar-refractivity contribution in [1.29, 1.82) is 0 Å². The molecule has 0 aliphatic carbocycles. The van der Waals surface area contributed by atoms with E-state index in [9.17, 15) is 4.79 Å². The van der Waals surface area contributed by atoms with Crippen LogP contribution in [-0.2, 0) is 9.53 Å². The summed E-state index contributed by atoms with van der Waals surface area (Å²) in [5.74, 6) is 1.84. The largest absolute Gasteiger partial charge is 0.482 e. The molecule has 25 heavy (non-hydrogen) atoms. The SMILES string of the molecule is C[C@@H]1CN(C(=O)[C@@H]2Oc3ccccc3O[C@H]2C)C[C@H]1N1CCOCC1. The molecule has 1 amide bonds. The van der Waals surface area contributed by atoms with Gasteiger partial charge in [-0.2, -0.15) is 0 Å². The number of rotatable bonds is 2. The van der Waals surface area contributed by atoms with Crippen molar-refractivity contribution in [2.45, 2.75) is 32.1 Å². The number of carbonyl (C=O) groups excluding carboxylic acids is 1. The maximum absolute atomic E-state index is 13.1. The Morgan fingerprint density at radius 2 is 1.72 bits per heavy atom. The molecule has 3 heterocycles. The van der Waals surface area contributed by atoms with E-state index < -0.39 is 6.10 Å². The van der Waals surface area contributed by atoms with E-state index in [-0.39, 0.29) is 12.0 Å². The first-order valence-corrected chi connectivity index (χ1v) is 9.16. The van der Waals surface area contributed by atoms with Gasteiger partial charge >= 0.3 is 0 Å². The Balaban J connectivity index is 1.44. The standard InChI is InChI=1S/C19H26N2O4/c1-13-11-21(12-15(13)20-7-9-23-10-8-20)19(22)18-14(2)24-16-5-3-4-6-17(16)25-18/h3-6,13-15,18H,7-12H2,1-2H3/t13-,14+,15-,18-/m1/s1. The second-order valence-corrected chi connectivity index (χ2v) is 7.24. The molecule has 0 radical (unpaired) electrons. The fourth-order valence-electron chi connectivity index (χ4n) is 4.08. The summed E-state index contributed by atoms with van der Waals surface area (Å²) in [7, 11) is 0. The van der Waals surface area contributed by atoms with Crippen molar-refractivity contribution < 1.29 is 19.0 Å². The third kappa shape index (κ3) is 3.20. The summed E-state index contributed by atoms with van der Waals surface area (Å²) in [6.07, 6.45) is -0.870. The third-order valence-electron chi connectivity index (χ3n) is 5.48. The molecule has 0 bridgehead atoms. The van der Waals surface area contributed by atoms with E-state index >= 15 is 0 Å². The van der Waals surface area contributed by atoms with Gasteiger partial charge in [0.25, 0.3) is 5.91 Å². The quantitative estimate of drug-likeness (QED) is 0.810. The first kappa shape index (κ1) is 16.7. The summed E-state index contributed by atoms with van der Waals surface area (Å²) in [5, 5.41) is 0. The molecule has 0 unspecified atom stereocenters. The predicted octanol–water partition coefficient (Wildman–Crippen LogP) is 1.39. The van der Waals surface area contributed by atoms with Gasteiger partial charge in [0, 0.05) is 32.2 Å². The highest BCUT2D eigenvalue weighted by Gasteiger charge is 2.42. The predicted molar refractivity (Wildman–Crippen MR) is 92.9 cm³/mol.